The molecule has 1 aromatic rings. The fourth-order valence-electron chi connectivity index (χ4n) is 1.22. The maximum atomic E-state index is 11.5. The van der Waals surface area contributed by atoms with Crippen molar-refractivity contribution >= 4 is 10.0 Å². The second kappa shape index (κ2) is 7.39. The molecule has 5 nitrogen and oxygen atoms in total. The highest BCUT2D eigenvalue weighted by Crippen LogP contribution is 1.98. The molecule has 6 heteroatoms. The Morgan fingerprint density at radius 1 is 1.18 bits per heavy atom. The Labute approximate surface area is 102 Å². The van der Waals surface area contributed by atoms with Crippen molar-refractivity contribution in [2.24, 2.45) is 5.73 Å². The summed E-state index contributed by atoms with van der Waals surface area (Å²) in [6, 6.07) is 9.36. The zero-order valence-electron chi connectivity index (χ0n) is 9.63. The molecule has 0 aliphatic heterocycles. The van der Waals surface area contributed by atoms with E-state index in [1.54, 1.807) is 0 Å². The lowest BCUT2D eigenvalue weighted by molar-refractivity contribution is 0.156. The van der Waals surface area contributed by atoms with Crippen molar-refractivity contribution in [2.75, 3.05) is 25.5 Å². The van der Waals surface area contributed by atoms with E-state index >= 15 is 0 Å². The summed E-state index contributed by atoms with van der Waals surface area (Å²) in [7, 11) is -3.28. The number of ether oxygens (including phenoxy) is 1. The molecule has 0 fully saturated rings. The van der Waals surface area contributed by atoms with Gasteiger partial charge in [0, 0.05) is 13.1 Å². The van der Waals surface area contributed by atoms with E-state index in [0.717, 1.165) is 5.56 Å². The van der Waals surface area contributed by atoms with Crippen LogP contribution in [-0.2, 0) is 21.3 Å². The Hall–Kier alpha value is -0.950. The molecule has 1 rings (SSSR count). The second-order valence-corrected chi connectivity index (χ2v) is 5.45. The molecule has 0 radical (unpaired) electrons. The topological polar surface area (TPSA) is 81.4 Å². The van der Waals surface area contributed by atoms with E-state index in [4.69, 9.17) is 10.5 Å². The summed E-state index contributed by atoms with van der Waals surface area (Å²) in [4.78, 5) is 0. The van der Waals surface area contributed by atoms with Crippen LogP contribution in [0.1, 0.15) is 5.56 Å². The Bertz CT molecular complexity index is 406. The third-order valence-electron chi connectivity index (χ3n) is 2.10. The summed E-state index contributed by atoms with van der Waals surface area (Å²) in [5.41, 5.74) is 6.15. The maximum absolute atomic E-state index is 11.5. The molecular formula is C11H18N2O3S. The van der Waals surface area contributed by atoms with Crippen LogP contribution in [0.3, 0.4) is 0 Å². The van der Waals surface area contributed by atoms with Crippen LogP contribution in [0, 0.1) is 0 Å². The molecule has 1 aromatic carbocycles. The summed E-state index contributed by atoms with van der Waals surface area (Å²) in [6.45, 7) is 1.26. The van der Waals surface area contributed by atoms with Gasteiger partial charge in [-0.05, 0) is 5.56 Å². The number of rotatable bonds is 8. The number of benzene rings is 1. The van der Waals surface area contributed by atoms with Crippen molar-refractivity contribution in [1.29, 1.82) is 0 Å². The van der Waals surface area contributed by atoms with Gasteiger partial charge in [0.25, 0.3) is 0 Å². The van der Waals surface area contributed by atoms with Crippen LogP contribution in [0.15, 0.2) is 30.3 Å². The Kier molecular flexibility index (Phi) is 6.13. The lowest BCUT2D eigenvalue weighted by Crippen LogP contribution is -2.28. The number of hydrogen-bond donors (Lipinski definition) is 2. The standard InChI is InChI=1S/C11H18N2O3S/c12-6-7-16-8-9-17(14,15)13-10-11-4-2-1-3-5-11/h1-5,13H,6-10,12H2. The number of nitrogens with one attached hydrogen (secondary N) is 1. The SMILES string of the molecule is NCCOCCS(=O)(=O)NCc1ccccc1. The van der Waals surface area contributed by atoms with Gasteiger partial charge in [-0.15, -0.1) is 0 Å². The van der Waals surface area contributed by atoms with Gasteiger partial charge in [0.15, 0.2) is 0 Å². The summed E-state index contributed by atoms with van der Waals surface area (Å²) >= 11 is 0. The number of hydrogen-bond acceptors (Lipinski definition) is 4. The average molecular weight is 258 g/mol. The first kappa shape index (κ1) is 14.1. The molecule has 0 spiro atoms. The molecule has 17 heavy (non-hydrogen) atoms. The first-order valence-corrected chi connectivity index (χ1v) is 7.08. The highest BCUT2D eigenvalue weighted by molar-refractivity contribution is 7.89. The minimum atomic E-state index is -3.28. The van der Waals surface area contributed by atoms with E-state index in [1.807, 2.05) is 30.3 Å². The van der Waals surface area contributed by atoms with Crippen LogP contribution in [0.2, 0.25) is 0 Å². The van der Waals surface area contributed by atoms with Gasteiger partial charge >= 0.3 is 0 Å². The molecule has 0 heterocycles. The smallest absolute Gasteiger partial charge is 0.214 e. The first-order chi connectivity index (χ1) is 8.14. The largest absolute Gasteiger partial charge is 0.379 e. The molecule has 0 unspecified atom stereocenters. The van der Waals surface area contributed by atoms with Crippen molar-refractivity contribution < 1.29 is 13.2 Å². The molecule has 96 valence electrons. The molecule has 0 saturated heterocycles. The van der Waals surface area contributed by atoms with Crippen molar-refractivity contribution in [1.82, 2.24) is 4.72 Å². The van der Waals surface area contributed by atoms with E-state index in [0.29, 0.717) is 19.7 Å². The second-order valence-electron chi connectivity index (χ2n) is 3.53. The van der Waals surface area contributed by atoms with Gasteiger partial charge in [-0.25, -0.2) is 13.1 Å². The highest BCUT2D eigenvalue weighted by Gasteiger charge is 2.09. The van der Waals surface area contributed by atoms with E-state index in [-0.39, 0.29) is 12.4 Å². The molecule has 0 aromatic heterocycles. The van der Waals surface area contributed by atoms with E-state index < -0.39 is 10.0 Å². The third kappa shape index (κ3) is 6.38. The molecule has 0 aliphatic rings. The van der Waals surface area contributed by atoms with Gasteiger partial charge in [-0.1, -0.05) is 30.3 Å². The minimum absolute atomic E-state index is 0.0418. The molecular weight excluding hydrogens is 240 g/mol. The summed E-state index contributed by atoms with van der Waals surface area (Å²) in [5.74, 6) is -0.0418. The predicted molar refractivity (Wildman–Crippen MR) is 66.9 cm³/mol. The van der Waals surface area contributed by atoms with E-state index in [9.17, 15) is 8.42 Å². The number of sulfonamides is 1. The Morgan fingerprint density at radius 3 is 2.53 bits per heavy atom. The zero-order chi connectivity index (χ0) is 12.6. The van der Waals surface area contributed by atoms with Crippen molar-refractivity contribution in [3.05, 3.63) is 35.9 Å². The molecule has 0 saturated carbocycles. The first-order valence-electron chi connectivity index (χ1n) is 5.43. The highest BCUT2D eigenvalue weighted by atomic mass is 32.2. The van der Waals surface area contributed by atoms with Gasteiger partial charge in [0.05, 0.1) is 19.0 Å². The summed E-state index contributed by atoms with van der Waals surface area (Å²) in [5, 5.41) is 0. The quantitative estimate of drug-likeness (QED) is 0.647. The van der Waals surface area contributed by atoms with E-state index in [2.05, 4.69) is 4.72 Å². The lowest BCUT2D eigenvalue weighted by atomic mass is 10.2. The molecule has 3 N–H and O–H groups in total. The van der Waals surface area contributed by atoms with Crippen molar-refractivity contribution in [2.45, 2.75) is 6.54 Å². The summed E-state index contributed by atoms with van der Waals surface area (Å²) < 4.78 is 30.6. The van der Waals surface area contributed by atoms with Gasteiger partial charge in [-0.3, -0.25) is 0 Å². The lowest BCUT2D eigenvalue weighted by Gasteiger charge is -2.07. The van der Waals surface area contributed by atoms with Crippen LogP contribution in [0.4, 0.5) is 0 Å². The van der Waals surface area contributed by atoms with Crippen molar-refractivity contribution in [3.63, 3.8) is 0 Å². The monoisotopic (exact) mass is 258 g/mol. The van der Waals surface area contributed by atoms with Crippen molar-refractivity contribution in [3.8, 4) is 0 Å². The fourth-order valence-corrected chi connectivity index (χ4v) is 2.08. The van der Waals surface area contributed by atoms with E-state index in [1.165, 1.54) is 0 Å². The fraction of sp³-hybridized carbons (Fsp3) is 0.455. The number of nitrogens with two attached hydrogens (primary N) is 1. The van der Waals surface area contributed by atoms with Gasteiger partial charge in [-0.2, -0.15) is 0 Å². The normalized spacial score (nSPS) is 11.6. The van der Waals surface area contributed by atoms with Crippen LogP contribution >= 0.6 is 0 Å². The predicted octanol–water partition coefficient (Wildman–Crippen LogP) is 0.0813. The molecule has 0 bridgehead atoms. The molecule has 0 amide bonds. The molecule has 0 aliphatic carbocycles. The van der Waals surface area contributed by atoms with Crippen LogP contribution < -0.4 is 10.5 Å². The Morgan fingerprint density at radius 2 is 1.88 bits per heavy atom. The zero-order valence-corrected chi connectivity index (χ0v) is 10.4. The van der Waals surface area contributed by atoms with Crippen LogP contribution in [0.25, 0.3) is 0 Å². The van der Waals surface area contributed by atoms with Gasteiger partial charge in [0.2, 0.25) is 10.0 Å². The molecule has 0 atom stereocenters. The minimum Gasteiger partial charge on any atom is -0.379 e. The summed E-state index contributed by atoms with van der Waals surface area (Å²) in [6.07, 6.45) is 0. The van der Waals surface area contributed by atoms with Crippen LogP contribution in [-0.4, -0.2) is 33.9 Å². The maximum Gasteiger partial charge on any atom is 0.214 e. The average Bonchev–Trinajstić information content (AvgIpc) is 2.34. The van der Waals surface area contributed by atoms with Gasteiger partial charge in [0.1, 0.15) is 0 Å². The van der Waals surface area contributed by atoms with Gasteiger partial charge < -0.3 is 10.5 Å². The Balaban J connectivity index is 2.30. The van der Waals surface area contributed by atoms with Crippen LogP contribution in [0.5, 0.6) is 0 Å². The third-order valence-corrected chi connectivity index (χ3v) is 3.39.